The largest absolute Gasteiger partial charge is 0.350 e. The van der Waals surface area contributed by atoms with Crippen molar-refractivity contribution in [3.8, 4) is 0 Å². The third kappa shape index (κ3) is 4.95. The van der Waals surface area contributed by atoms with Gasteiger partial charge in [0.05, 0.1) is 0 Å². The molecule has 2 aromatic heterocycles. The lowest BCUT2D eigenvalue weighted by Gasteiger charge is -2.08. The first kappa shape index (κ1) is 21.9. The van der Waals surface area contributed by atoms with Gasteiger partial charge in [-0.15, -0.1) is 11.8 Å². The van der Waals surface area contributed by atoms with E-state index in [4.69, 9.17) is 0 Å². The second kappa shape index (κ2) is 9.46. The number of nitrogens with zero attached hydrogens (tertiary/aromatic N) is 2. The predicted octanol–water partition coefficient (Wildman–Crippen LogP) is 1.87. The highest BCUT2D eigenvalue weighted by Gasteiger charge is 2.04. The van der Waals surface area contributed by atoms with Gasteiger partial charge in [0, 0.05) is 46.9 Å². The fourth-order valence-electron chi connectivity index (χ4n) is 3.51. The van der Waals surface area contributed by atoms with Gasteiger partial charge in [0.2, 0.25) is 0 Å². The SMILES string of the molecule is CN(C)CCSc1ccc(C=c2[nH]c(=O)c(=Cc3cn(C)c4ccccc34)[nH]c2=O)cc1. The monoisotopic (exact) mass is 446 g/mol. The van der Waals surface area contributed by atoms with Crippen LogP contribution in [0.25, 0.3) is 23.1 Å². The normalized spacial score (nSPS) is 12.9. The Morgan fingerprint density at radius 1 is 0.938 bits per heavy atom. The molecule has 32 heavy (non-hydrogen) atoms. The topological polar surface area (TPSA) is 73.9 Å². The Balaban J connectivity index is 1.64. The molecule has 6 nitrogen and oxygen atoms in total. The van der Waals surface area contributed by atoms with E-state index in [-0.39, 0.29) is 21.8 Å². The fourth-order valence-corrected chi connectivity index (χ4v) is 4.53. The van der Waals surface area contributed by atoms with Gasteiger partial charge in [-0.3, -0.25) is 9.59 Å². The minimum Gasteiger partial charge on any atom is -0.350 e. The van der Waals surface area contributed by atoms with Crippen molar-refractivity contribution in [3.63, 3.8) is 0 Å². The molecule has 2 aromatic carbocycles. The molecule has 0 unspecified atom stereocenters. The zero-order valence-electron chi connectivity index (χ0n) is 18.4. The summed E-state index contributed by atoms with van der Waals surface area (Å²) in [4.78, 5) is 34.1. The molecular weight excluding hydrogens is 420 g/mol. The Morgan fingerprint density at radius 3 is 2.28 bits per heavy atom. The van der Waals surface area contributed by atoms with Crippen molar-refractivity contribution < 1.29 is 0 Å². The Morgan fingerprint density at radius 2 is 1.59 bits per heavy atom. The summed E-state index contributed by atoms with van der Waals surface area (Å²) >= 11 is 1.79. The van der Waals surface area contributed by atoms with E-state index in [2.05, 4.69) is 29.0 Å². The number of aromatic nitrogens is 3. The van der Waals surface area contributed by atoms with E-state index in [1.807, 2.05) is 66.3 Å². The maximum atomic E-state index is 12.7. The third-order valence-corrected chi connectivity index (χ3v) is 6.20. The summed E-state index contributed by atoms with van der Waals surface area (Å²) in [5, 5.41) is 1.49. The van der Waals surface area contributed by atoms with E-state index >= 15 is 0 Å². The van der Waals surface area contributed by atoms with Gasteiger partial charge in [-0.05, 0) is 50.0 Å². The Labute approximate surface area is 189 Å². The van der Waals surface area contributed by atoms with Crippen LogP contribution in [0.2, 0.25) is 0 Å². The summed E-state index contributed by atoms with van der Waals surface area (Å²) in [6.07, 6.45) is 5.35. The molecule has 164 valence electrons. The van der Waals surface area contributed by atoms with Gasteiger partial charge < -0.3 is 19.4 Å². The molecule has 2 heterocycles. The molecule has 7 heteroatoms. The molecule has 0 amide bonds. The summed E-state index contributed by atoms with van der Waals surface area (Å²) in [5.41, 5.74) is 2.13. The van der Waals surface area contributed by atoms with Crippen LogP contribution in [0.3, 0.4) is 0 Å². The molecule has 0 aliphatic carbocycles. The van der Waals surface area contributed by atoms with E-state index in [9.17, 15) is 9.59 Å². The molecule has 0 atom stereocenters. The molecule has 0 radical (unpaired) electrons. The van der Waals surface area contributed by atoms with Gasteiger partial charge in [0.15, 0.2) is 0 Å². The van der Waals surface area contributed by atoms with Crippen molar-refractivity contribution in [3.05, 3.63) is 97.3 Å². The van der Waals surface area contributed by atoms with E-state index in [1.54, 1.807) is 23.9 Å². The molecular formula is C25H26N4O2S. The van der Waals surface area contributed by atoms with Crippen LogP contribution in [0.1, 0.15) is 11.1 Å². The highest BCUT2D eigenvalue weighted by molar-refractivity contribution is 7.99. The van der Waals surface area contributed by atoms with E-state index < -0.39 is 0 Å². The second-order valence-electron chi connectivity index (χ2n) is 7.96. The van der Waals surface area contributed by atoms with Gasteiger partial charge in [0.1, 0.15) is 10.7 Å². The number of nitrogens with one attached hydrogen (secondary N) is 2. The van der Waals surface area contributed by atoms with Crippen molar-refractivity contribution >= 4 is 34.8 Å². The molecule has 0 saturated heterocycles. The van der Waals surface area contributed by atoms with Gasteiger partial charge in [-0.25, -0.2) is 0 Å². The molecule has 0 saturated carbocycles. The number of para-hydroxylation sites is 1. The van der Waals surface area contributed by atoms with Crippen molar-refractivity contribution in [2.75, 3.05) is 26.4 Å². The second-order valence-corrected chi connectivity index (χ2v) is 9.13. The van der Waals surface area contributed by atoms with Crippen molar-refractivity contribution in [1.82, 2.24) is 19.4 Å². The zero-order chi connectivity index (χ0) is 22.7. The number of aryl methyl sites for hydroxylation is 1. The molecule has 2 N–H and O–H groups in total. The average molecular weight is 447 g/mol. The predicted molar refractivity (Wildman–Crippen MR) is 133 cm³/mol. The number of fused-ring (bicyclic) bond motifs is 1. The van der Waals surface area contributed by atoms with Crippen LogP contribution in [0.5, 0.6) is 0 Å². The number of rotatable bonds is 6. The summed E-state index contributed by atoms with van der Waals surface area (Å²) in [6, 6.07) is 15.9. The number of H-pyrrole nitrogens is 2. The number of hydrogen-bond acceptors (Lipinski definition) is 4. The molecule has 0 aliphatic heterocycles. The van der Waals surface area contributed by atoms with Crippen LogP contribution in [0.4, 0.5) is 0 Å². The standard InChI is InChI=1S/C25H26N4O2S/c1-28(2)12-13-32-19-10-8-17(9-11-19)14-21-24(30)27-22(25(31)26-21)15-18-16-29(3)23-7-5-4-6-20(18)23/h4-11,14-16H,12-13H2,1-3H3,(H,26,31)(H,27,30). The Kier molecular flexibility index (Phi) is 6.48. The molecule has 4 aromatic rings. The van der Waals surface area contributed by atoms with E-state index in [0.29, 0.717) is 0 Å². The lowest BCUT2D eigenvalue weighted by molar-refractivity contribution is 0.437. The first-order chi connectivity index (χ1) is 15.4. The lowest BCUT2D eigenvalue weighted by atomic mass is 10.1. The van der Waals surface area contributed by atoms with Gasteiger partial charge in [0.25, 0.3) is 11.1 Å². The summed E-state index contributed by atoms with van der Waals surface area (Å²) < 4.78 is 2.00. The smallest absolute Gasteiger partial charge is 0.272 e. The van der Waals surface area contributed by atoms with Crippen LogP contribution >= 0.6 is 11.8 Å². The van der Waals surface area contributed by atoms with Gasteiger partial charge in [-0.2, -0.15) is 0 Å². The van der Waals surface area contributed by atoms with Gasteiger partial charge >= 0.3 is 0 Å². The Hall–Kier alpha value is -3.29. The van der Waals surface area contributed by atoms with Crippen molar-refractivity contribution in [2.45, 2.75) is 4.90 Å². The number of hydrogen-bond donors (Lipinski definition) is 2. The summed E-state index contributed by atoms with van der Waals surface area (Å²) in [6.45, 7) is 1.01. The number of aromatic amines is 2. The molecule has 0 spiro atoms. The first-order valence-corrected chi connectivity index (χ1v) is 11.4. The molecule has 0 bridgehead atoms. The highest BCUT2D eigenvalue weighted by Crippen LogP contribution is 2.20. The van der Waals surface area contributed by atoms with E-state index in [1.165, 1.54) is 4.90 Å². The summed E-state index contributed by atoms with van der Waals surface area (Å²) in [5.74, 6) is 1.01. The van der Waals surface area contributed by atoms with Crippen LogP contribution < -0.4 is 21.8 Å². The minimum atomic E-state index is -0.334. The minimum absolute atomic E-state index is 0.233. The summed E-state index contributed by atoms with van der Waals surface area (Å²) in [7, 11) is 6.07. The quantitative estimate of drug-likeness (QED) is 0.444. The number of thioether (sulfide) groups is 1. The molecule has 0 fully saturated rings. The van der Waals surface area contributed by atoms with Crippen LogP contribution in [0.15, 0.2) is 69.2 Å². The Bertz CT molecular complexity index is 1480. The van der Waals surface area contributed by atoms with Gasteiger partial charge in [-0.1, -0.05) is 30.3 Å². The van der Waals surface area contributed by atoms with Crippen molar-refractivity contribution in [1.29, 1.82) is 0 Å². The third-order valence-electron chi connectivity index (χ3n) is 5.21. The fraction of sp³-hybridized carbons (Fsp3) is 0.200. The highest BCUT2D eigenvalue weighted by atomic mass is 32.2. The van der Waals surface area contributed by atoms with Crippen LogP contribution in [-0.4, -0.2) is 45.8 Å². The van der Waals surface area contributed by atoms with E-state index in [0.717, 1.165) is 34.3 Å². The van der Waals surface area contributed by atoms with Crippen LogP contribution in [0, 0.1) is 0 Å². The molecule has 4 rings (SSSR count). The van der Waals surface area contributed by atoms with Crippen LogP contribution in [-0.2, 0) is 7.05 Å². The zero-order valence-corrected chi connectivity index (χ0v) is 19.2. The average Bonchev–Trinajstić information content (AvgIpc) is 3.08. The lowest BCUT2D eigenvalue weighted by Crippen LogP contribution is -2.46. The maximum absolute atomic E-state index is 12.7. The molecule has 0 aliphatic rings. The number of benzene rings is 2. The first-order valence-electron chi connectivity index (χ1n) is 10.4. The van der Waals surface area contributed by atoms with Crippen molar-refractivity contribution in [2.24, 2.45) is 7.05 Å². The maximum Gasteiger partial charge on any atom is 0.272 e.